The number of H-pyrrole nitrogens is 1. The van der Waals surface area contributed by atoms with E-state index in [2.05, 4.69) is 10.3 Å². The Morgan fingerprint density at radius 1 is 1.23 bits per heavy atom. The zero-order valence-corrected chi connectivity index (χ0v) is 12.4. The van der Waals surface area contributed by atoms with E-state index in [9.17, 15) is 14.7 Å². The molecule has 0 atom stereocenters. The number of carbonyl (C=O) groups is 1. The van der Waals surface area contributed by atoms with Crippen LogP contribution in [0.4, 0.5) is 0 Å². The second-order valence-corrected chi connectivity index (χ2v) is 6.06. The van der Waals surface area contributed by atoms with E-state index in [1.165, 1.54) is 6.07 Å². The minimum absolute atomic E-state index is 0.184. The molecule has 116 valence electrons. The molecule has 1 aliphatic carbocycles. The van der Waals surface area contributed by atoms with Gasteiger partial charge in [0, 0.05) is 23.5 Å². The molecular weight excluding hydrogens is 280 g/mol. The number of pyridine rings is 1. The summed E-state index contributed by atoms with van der Waals surface area (Å²) in [5, 5.41) is 13.7. The van der Waals surface area contributed by atoms with Crippen LogP contribution in [-0.2, 0) is 0 Å². The van der Waals surface area contributed by atoms with Crippen LogP contribution in [0.2, 0.25) is 0 Å². The van der Waals surface area contributed by atoms with E-state index in [-0.39, 0.29) is 23.6 Å². The predicted molar refractivity (Wildman–Crippen MR) is 84.9 cm³/mol. The van der Waals surface area contributed by atoms with Gasteiger partial charge in [0.05, 0.1) is 5.60 Å². The van der Waals surface area contributed by atoms with Gasteiger partial charge in [-0.2, -0.15) is 0 Å². The minimum atomic E-state index is -0.814. The van der Waals surface area contributed by atoms with Crippen molar-refractivity contribution in [1.29, 1.82) is 0 Å². The zero-order chi connectivity index (χ0) is 15.6. The highest BCUT2D eigenvalue weighted by Crippen LogP contribution is 2.27. The van der Waals surface area contributed by atoms with Gasteiger partial charge in [-0.15, -0.1) is 0 Å². The van der Waals surface area contributed by atoms with E-state index in [4.69, 9.17) is 0 Å². The van der Waals surface area contributed by atoms with Gasteiger partial charge in [-0.25, -0.2) is 0 Å². The minimum Gasteiger partial charge on any atom is -0.388 e. The Morgan fingerprint density at radius 2 is 1.95 bits per heavy atom. The Hall–Kier alpha value is -2.14. The van der Waals surface area contributed by atoms with Gasteiger partial charge in [-0.1, -0.05) is 31.4 Å². The third kappa shape index (κ3) is 3.04. The molecule has 5 nitrogen and oxygen atoms in total. The highest BCUT2D eigenvalue weighted by Gasteiger charge is 2.29. The van der Waals surface area contributed by atoms with Gasteiger partial charge in [0.2, 0.25) is 0 Å². The van der Waals surface area contributed by atoms with Gasteiger partial charge < -0.3 is 15.4 Å². The van der Waals surface area contributed by atoms with Crippen LogP contribution in [0.15, 0.2) is 35.1 Å². The number of carbonyl (C=O) groups excluding carboxylic acids is 1. The van der Waals surface area contributed by atoms with Crippen molar-refractivity contribution in [2.45, 2.75) is 37.7 Å². The largest absolute Gasteiger partial charge is 0.388 e. The molecule has 3 N–H and O–H groups in total. The molecule has 1 saturated carbocycles. The van der Waals surface area contributed by atoms with Gasteiger partial charge in [-0.3, -0.25) is 9.59 Å². The Morgan fingerprint density at radius 3 is 2.73 bits per heavy atom. The summed E-state index contributed by atoms with van der Waals surface area (Å²) in [4.78, 5) is 27.2. The van der Waals surface area contributed by atoms with Gasteiger partial charge >= 0.3 is 0 Å². The van der Waals surface area contributed by atoms with E-state index in [1.54, 1.807) is 18.2 Å². The van der Waals surface area contributed by atoms with Crippen LogP contribution in [0, 0.1) is 0 Å². The number of aromatic amines is 1. The smallest absolute Gasteiger partial charge is 0.267 e. The van der Waals surface area contributed by atoms with Crippen LogP contribution in [-0.4, -0.2) is 28.1 Å². The summed E-state index contributed by atoms with van der Waals surface area (Å²) in [5.74, 6) is -0.359. The molecule has 1 fully saturated rings. The van der Waals surface area contributed by atoms with Crippen molar-refractivity contribution in [2.75, 3.05) is 6.54 Å². The predicted octanol–water partition coefficient (Wildman–Crippen LogP) is 1.95. The van der Waals surface area contributed by atoms with Crippen molar-refractivity contribution in [3.05, 3.63) is 46.2 Å². The van der Waals surface area contributed by atoms with Crippen molar-refractivity contribution >= 4 is 16.8 Å². The van der Waals surface area contributed by atoms with Crippen LogP contribution >= 0.6 is 0 Å². The van der Waals surface area contributed by atoms with E-state index in [1.807, 2.05) is 6.07 Å². The molecule has 2 aromatic rings. The van der Waals surface area contributed by atoms with Crippen molar-refractivity contribution in [2.24, 2.45) is 0 Å². The molecule has 1 heterocycles. The number of hydrogen-bond acceptors (Lipinski definition) is 3. The second-order valence-electron chi connectivity index (χ2n) is 6.06. The van der Waals surface area contributed by atoms with Crippen molar-refractivity contribution in [3.8, 4) is 0 Å². The molecule has 0 radical (unpaired) electrons. The SMILES string of the molecule is O=C(NCC1(O)CCCCC1)c1cc(=O)c2ccccc2[nH]1. The first-order valence-corrected chi connectivity index (χ1v) is 7.70. The molecule has 1 amide bonds. The third-order valence-corrected chi connectivity index (χ3v) is 4.34. The van der Waals surface area contributed by atoms with Crippen LogP contribution in [0.3, 0.4) is 0 Å². The highest BCUT2D eigenvalue weighted by atomic mass is 16.3. The van der Waals surface area contributed by atoms with Crippen LogP contribution in [0.5, 0.6) is 0 Å². The molecule has 0 spiro atoms. The lowest BCUT2D eigenvalue weighted by Crippen LogP contribution is -2.44. The van der Waals surface area contributed by atoms with Gasteiger partial charge in [-0.05, 0) is 25.0 Å². The fraction of sp³-hybridized carbons (Fsp3) is 0.412. The van der Waals surface area contributed by atoms with Gasteiger partial charge in [0.15, 0.2) is 5.43 Å². The quantitative estimate of drug-likeness (QED) is 0.810. The Labute approximate surface area is 128 Å². The van der Waals surface area contributed by atoms with Crippen molar-refractivity contribution in [3.63, 3.8) is 0 Å². The number of hydrogen-bond donors (Lipinski definition) is 3. The van der Waals surface area contributed by atoms with Crippen LogP contribution < -0.4 is 10.7 Å². The summed E-state index contributed by atoms with van der Waals surface area (Å²) in [6.07, 6.45) is 4.52. The molecule has 3 rings (SSSR count). The maximum absolute atomic E-state index is 12.2. The number of fused-ring (bicyclic) bond motifs is 1. The normalized spacial score (nSPS) is 17.3. The summed E-state index contributed by atoms with van der Waals surface area (Å²) in [6.45, 7) is 0.223. The topological polar surface area (TPSA) is 82.2 Å². The molecule has 5 heteroatoms. The lowest BCUT2D eigenvalue weighted by atomic mass is 9.85. The first kappa shape index (κ1) is 14.8. The van der Waals surface area contributed by atoms with Crippen LogP contribution in [0.1, 0.15) is 42.6 Å². The molecule has 1 aliphatic rings. The maximum Gasteiger partial charge on any atom is 0.267 e. The first-order valence-electron chi connectivity index (χ1n) is 7.70. The van der Waals surface area contributed by atoms with Gasteiger partial charge in [0.25, 0.3) is 5.91 Å². The van der Waals surface area contributed by atoms with E-state index in [0.717, 1.165) is 19.3 Å². The molecular formula is C17H20N2O3. The second kappa shape index (κ2) is 5.93. The Kier molecular flexibility index (Phi) is 3.98. The number of aromatic nitrogens is 1. The number of benzene rings is 1. The third-order valence-electron chi connectivity index (χ3n) is 4.34. The molecule has 0 unspecified atom stereocenters. The number of nitrogens with one attached hydrogen (secondary N) is 2. The Balaban J connectivity index is 1.76. The molecule has 0 aliphatic heterocycles. The summed E-state index contributed by atoms with van der Waals surface area (Å²) in [6, 6.07) is 8.39. The van der Waals surface area contributed by atoms with E-state index in [0.29, 0.717) is 23.7 Å². The fourth-order valence-electron chi connectivity index (χ4n) is 3.05. The fourth-order valence-corrected chi connectivity index (χ4v) is 3.05. The molecule has 0 bridgehead atoms. The van der Waals surface area contributed by atoms with Crippen molar-refractivity contribution < 1.29 is 9.90 Å². The molecule has 1 aromatic carbocycles. The lowest BCUT2D eigenvalue weighted by molar-refractivity contribution is 0.00521. The van der Waals surface area contributed by atoms with Crippen LogP contribution in [0.25, 0.3) is 10.9 Å². The summed E-state index contributed by atoms with van der Waals surface area (Å²) in [5.41, 5.74) is -0.138. The summed E-state index contributed by atoms with van der Waals surface area (Å²) >= 11 is 0. The first-order chi connectivity index (χ1) is 10.6. The van der Waals surface area contributed by atoms with Crippen molar-refractivity contribution in [1.82, 2.24) is 10.3 Å². The molecule has 1 aromatic heterocycles. The number of aliphatic hydroxyl groups is 1. The maximum atomic E-state index is 12.2. The van der Waals surface area contributed by atoms with E-state index >= 15 is 0 Å². The average Bonchev–Trinajstić information content (AvgIpc) is 2.53. The lowest BCUT2D eigenvalue weighted by Gasteiger charge is -2.32. The number of para-hydroxylation sites is 1. The monoisotopic (exact) mass is 300 g/mol. The average molecular weight is 300 g/mol. The van der Waals surface area contributed by atoms with Gasteiger partial charge in [0.1, 0.15) is 5.69 Å². The number of rotatable bonds is 3. The summed E-state index contributed by atoms with van der Waals surface area (Å²) < 4.78 is 0. The molecule has 0 saturated heterocycles. The van der Waals surface area contributed by atoms with E-state index < -0.39 is 5.60 Å². The zero-order valence-electron chi connectivity index (χ0n) is 12.4. The standard InChI is InChI=1S/C17H20N2O3/c20-15-10-14(19-13-7-3-2-6-12(13)15)16(21)18-11-17(22)8-4-1-5-9-17/h2-3,6-7,10,22H,1,4-5,8-9,11H2,(H,18,21)(H,19,20). The highest BCUT2D eigenvalue weighted by molar-refractivity contribution is 5.94. The number of amides is 1. The molecule has 22 heavy (non-hydrogen) atoms. The Bertz CT molecular complexity index is 745. The summed E-state index contributed by atoms with van der Waals surface area (Å²) in [7, 11) is 0.